The van der Waals surface area contributed by atoms with E-state index in [0.29, 0.717) is 46.1 Å². The van der Waals surface area contributed by atoms with Gasteiger partial charge >= 0.3 is 0 Å². The number of likely N-dealkylation sites (tertiary alicyclic amines) is 2. The number of halogens is 4. The zero-order valence-corrected chi connectivity index (χ0v) is 35.9. The fraction of sp³-hybridized carbons (Fsp3) is 0.294. The van der Waals surface area contributed by atoms with E-state index >= 15 is 0 Å². The molecule has 1 atom stereocenters. The Bertz CT molecular complexity index is 3000. The Morgan fingerprint density at radius 2 is 1.03 bits per heavy atom. The van der Waals surface area contributed by atoms with Crippen molar-refractivity contribution >= 4 is 66.4 Å². The molecule has 2 fully saturated rings. The van der Waals surface area contributed by atoms with Crippen LogP contribution in [0.3, 0.4) is 0 Å². The van der Waals surface area contributed by atoms with Crippen molar-refractivity contribution in [2.24, 2.45) is 11.8 Å². The molecular formula is C51H50F4N10. The maximum atomic E-state index is 14.8. The van der Waals surface area contributed by atoms with E-state index in [1.165, 1.54) is 48.5 Å². The molecule has 4 aromatic carbocycles. The van der Waals surface area contributed by atoms with Crippen LogP contribution in [0.1, 0.15) is 19.3 Å². The first-order valence-electron chi connectivity index (χ1n) is 22.5. The summed E-state index contributed by atoms with van der Waals surface area (Å²) in [6, 6.07) is 24.6. The minimum Gasteiger partial charge on any atom is -0.384 e. The lowest BCUT2D eigenvalue weighted by atomic mass is 9.99. The van der Waals surface area contributed by atoms with Crippen LogP contribution < -0.4 is 21.3 Å². The monoisotopic (exact) mass is 878 g/mol. The largest absolute Gasteiger partial charge is 0.384 e. The van der Waals surface area contributed by atoms with E-state index < -0.39 is 0 Å². The second-order valence-electron chi connectivity index (χ2n) is 17.4. The lowest BCUT2D eigenvalue weighted by Crippen LogP contribution is -2.49. The van der Waals surface area contributed by atoms with Gasteiger partial charge in [-0.3, -0.25) is 15.0 Å². The molecule has 0 unspecified atom stereocenters. The van der Waals surface area contributed by atoms with Gasteiger partial charge < -0.3 is 31.1 Å². The van der Waals surface area contributed by atoms with Gasteiger partial charge in [0.05, 0.1) is 33.4 Å². The number of hydrogen-bond donors (Lipinski definition) is 4. The van der Waals surface area contributed by atoms with Crippen LogP contribution in [0, 0.1) is 35.1 Å². The predicted octanol–water partition coefficient (Wildman–Crippen LogP) is 10.2. The Labute approximate surface area is 374 Å². The molecular weight excluding hydrogens is 829 g/mol. The summed E-state index contributed by atoms with van der Waals surface area (Å²) < 4.78 is 56.7. The van der Waals surface area contributed by atoms with Crippen LogP contribution in [-0.2, 0) is 0 Å². The molecule has 10 nitrogen and oxygen atoms in total. The Balaban J connectivity index is 0.772. The van der Waals surface area contributed by atoms with Crippen LogP contribution in [0.2, 0.25) is 0 Å². The number of aromatic nitrogens is 4. The van der Waals surface area contributed by atoms with Crippen LogP contribution in [0.15, 0.2) is 110 Å². The first-order chi connectivity index (χ1) is 31.8. The molecule has 4 aromatic heterocycles. The van der Waals surface area contributed by atoms with Gasteiger partial charge in [0, 0.05) is 139 Å². The van der Waals surface area contributed by atoms with Gasteiger partial charge in [-0.05, 0) is 112 Å². The highest BCUT2D eigenvalue weighted by atomic mass is 19.1. The van der Waals surface area contributed by atoms with Crippen LogP contribution in [0.5, 0.6) is 0 Å². The summed E-state index contributed by atoms with van der Waals surface area (Å²) in [5.74, 6) is -0.476. The van der Waals surface area contributed by atoms with Crippen LogP contribution in [-0.4, -0.2) is 95.2 Å². The maximum Gasteiger partial charge on any atom is 0.125 e. The average Bonchev–Trinajstić information content (AvgIpc) is 3.75. The number of hydrogen-bond acceptors (Lipinski definition) is 10. The number of benzene rings is 4. The number of nitrogens with zero attached hydrogens (tertiary/aromatic N) is 6. The highest BCUT2D eigenvalue weighted by Gasteiger charge is 2.27. The molecule has 65 heavy (non-hydrogen) atoms. The lowest BCUT2D eigenvalue weighted by molar-refractivity contribution is 0.109. The third kappa shape index (κ3) is 9.59. The van der Waals surface area contributed by atoms with Gasteiger partial charge in [0.2, 0.25) is 0 Å². The molecule has 0 saturated carbocycles. The van der Waals surface area contributed by atoms with Crippen molar-refractivity contribution in [2.45, 2.75) is 19.3 Å². The third-order valence-electron chi connectivity index (χ3n) is 12.8. The second-order valence-corrected chi connectivity index (χ2v) is 17.4. The smallest absolute Gasteiger partial charge is 0.125 e. The van der Waals surface area contributed by atoms with Crippen LogP contribution in [0.25, 0.3) is 54.9 Å². The summed E-state index contributed by atoms with van der Waals surface area (Å²) >= 11 is 0. The SMILES string of the molecule is Fc1ccc2c(NCCCN3CC(CNc4cc(-c5cnc6cc(F)ccc6c5NC[C@@H]5CCN(CCCNc6ccnc7cc(F)ccc67)C5)nc5cc(F)ccc45)C3)ccnc2c1. The summed E-state index contributed by atoms with van der Waals surface area (Å²) in [5, 5.41) is 17.9. The van der Waals surface area contributed by atoms with Crippen LogP contribution >= 0.6 is 0 Å². The zero-order valence-electron chi connectivity index (χ0n) is 35.9. The number of nitrogens with one attached hydrogen (secondary N) is 4. The van der Waals surface area contributed by atoms with Gasteiger partial charge in [-0.2, -0.15) is 0 Å². The van der Waals surface area contributed by atoms with E-state index in [9.17, 15) is 17.6 Å². The van der Waals surface area contributed by atoms with Gasteiger partial charge in [0.1, 0.15) is 23.3 Å². The lowest BCUT2D eigenvalue weighted by Gasteiger charge is -2.39. The van der Waals surface area contributed by atoms with E-state index in [1.807, 2.05) is 18.2 Å². The first kappa shape index (κ1) is 42.3. The molecule has 10 rings (SSSR count). The van der Waals surface area contributed by atoms with Crippen molar-refractivity contribution in [1.29, 1.82) is 0 Å². The van der Waals surface area contributed by atoms with Crippen LogP contribution in [0.4, 0.5) is 40.3 Å². The molecule has 2 aliphatic rings. The number of anilines is 4. The first-order valence-corrected chi connectivity index (χ1v) is 22.5. The Kier molecular flexibility index (Phi) is 12.3. The minimum absolute atomic E-state index is 0.294. The van der Waals surface area contributed by atoms with E-state index in [1.54, 1.807) is 42.9 Å². The summed E-state index contributed by atoms with van der Waals surface area (Å²) in [6.45, 7) is 8.83. The number of rotatable bonds is 17. The molecule has 4 N–H and O–H groups in total. The van der Waals surface area contributed by atoms with Crippen molar-refractivity contribution in [3.05, 3.63) is 133 Å². The van der Waals surface area contributed by atoms with Crippen molar-refractivity contribution in [3.63, 3.8) is 0 Å². The second kappa shape index (κ2) is 18.8. The van der Waals surface area contributed by atoms with E-state index in [0.717, 1.165) is 128 Å². The van der Waals surface area contributed by atoms with Crippen molar-refractivity contribution < 1.29 is 17.6 Å². The highest BCUT2D eigenvalue weighted by Crippen LogP contribution is 2.37. The normalized spacial score (nSPS) is 15.8. The number of fused-ring (bicyclic) bond motifs is 4. The molecule has 6 heterocycles. The average molecular weight is 879 g/mol. The molecule has 8 aromatic rings. The summed E-state index contributed by atoms with van der Waals surface area (Å²) in [4.78, 5) is 23.2. The topological polar surface area (TPSA) is 106 Å². The fourth-order valence-electron chi connectivity index (χ4n) is 9.41. The van der Waals surface area contributed by atoms with Gasteiger partial charge in [-0.1, -0.05) is 0 Å². The molecule has 14 heteroatoms. The standard InChI is InChI=1S/C51H50F4N10/c52-34-3-7-38-43(11-16-58-45(38)21-34)56-14-1-18-64-20-13-32(29-64)26-62-51-41-10-6-36(54)23-47(41)61-28-42(51)50-25-48(40-9-5-37(55)24-49(40)63-50)60-27-33-30-65(31-33)19-2-15-57-44-12-17-59-46-22-35(53)4-8-39(44)46/h3-12,16-17,21-25,28,32-33H,1-2,13-15,18-20,26-27,29-31H2,(H,56,58)(H,57,59)(H,60,63)(H,61,62)/t32-/m0/s1. The molecule has 2 aliphatic heterocycles. The number of pyridine rings is 4. The summed E-state index contributed by atoms with van der Waals surface area (Å²) in [7, 11) is 0. The van der Waals surface area contributed by atoms with Gasteiger partial charge in [-0.15, -0.1) is 0 Å². The Morgan fingerprint density at radius 1 is 0.508 bits per heavy atom. The van der Waals surface area contributed by atoms with Crippen molar-refractivity contribution in [1.82, 2.24) is 29.7 Å². The highest BCUT2D eigenvalue weighted by molar-refractivity contribution is 6.01. The van der Waals surface area contributed by atoms with E-state index in [-0.39, 0.29) is 23.3 Å². The summed E-state index contributed by atoms with van der Waals surface area (Å²) in [5.41, 5.74) is 7.37. The van der Waals surface area contributed by atoms with Crippen molar-refractivity contribution in [3.8, 4) is 11.3 Å². The van der Waals surface area contributed by atoms with Crippen molar-refractivity contribution in [2.75, 3.05) is 86.7 Å². The predicted molar refractivity (Wildman–Crippen MR) is 253 cm³/mol. The summed E-state index contributed by atoms with van der Waals surface area (Å²) in [6.07, 6.45) is 8.10. The third-order valence-corrected chi connectivity index (χ3v) is 12.8. The van der Waals surface area contributed by atoms with Gasteiger partial charge in [-0.25, -0.2) is 22.5 Å². The van der Waals surface area contributed by atoms with Gasteiger partial charge in [0.25, 0.3) is 0 Å². The zero-order chi connectivity index (χ0) is 44.3. The Morgan fingerprint density at radius 3 is 1.66 bits per heavy atom. The molecule has 2 saturated heterocycles. The molecule has 0 bridgehead atoms. The maximum absolute atomic E-state index is 14.8. The molecule has 0 radical (unpaired) electrons. The molecule has 0 amide bonds. The Hall–Kier alpha value is -6.64. The van der Waals surface area contributed by atoms with E-state index in [2.05, 4.69) is 46.0 Å². The van der Waals surface area contributed by atoms with E-state index in [4.69, 9.17) is 4.98 Å². The molecule has 0 aliphatic carbocycles. The molecule has 332 valence electrons. The fourth-order valence-corrected chi connectivity index (χ4v) is 9.41. The van der Waals surface area contributed by atoms with Gasteiger partial charge in [0.15, 0.2) is 0 Å². The quantitative estimate of drug-likeness (QED) is 0.0522. The molecule has 0 spiro atoms. The minimum atomic E-state index is -0.363.